The number of rotatable bonds is 6. The Kier molecular flexibility index (Phi) is 5.77. The van der Waals surface area contributed by atoms with Crippen LogP contribution in [0.1, 0.15) is 26.7 Å². The third-order valence-corrected chi connectivity index (χ3v) is 3.26. The third-order valence-electron chi connectivity index (χ3n) is 3.26. The first-order chi connectivity index (χ1) is 7.67. The van der Waals surface area contributed by atoms with Gasteiger partial charge in [0.05, 0.1) is 13.2 Å². The van der Waals surface area contributed by atoms with Crippen molar-refractivity contribution in [2.45, 2.75) is 32.7 Å². The summed E-state index contributed by atoms with van der Waals surface area (Å²) in [4.78, 5) is 13.8. The summed E-state index contributed by atoms with van der Waals surface area (Å²) in [5.74, 6) is 0.747. The molecule has 1 amide bonds. The zero-order valence-corrected chi connectivity index (χ0v) is 10.7. The molecular weight excluding hydrogens is 204 g/mol. The zero-order chi connectivity index (χ0) is 12.0. The van der Waals surface area contributed by atoms with E-state index in [1.165, 1.54) is 0 Å². The van der Waals surface area contributed by atoms with Gasteiger partial charge in [-0.05, 0) is 19.8 Å². The Hall–Kier alpha value is -0.610. The number of likely N-dealkylation sites (tertiary alicyclic amines) is 1. The second-order valence-electron chi connectivity index (χ2n) is 4.64. The van der Waals surface area contributed by atoms with Crippen LogP contribution in [0.5, 0.6) is 0 Å². The Bertz CT molecular complexity index is 221. The molecule has 0 aromatic heterocycles. The van der Waals surface area contributed by atoms with E-state index in [-0.39, 0.29) is 5.91 Å². The molecule has 16 heavy (non-hydrogen) atoms. The molecule has 0 aromatic carbocycles. The van der Waals surface area contributed by atoms with E-state index in [1.54, 1.807) is 7.11 Å². The van der Waals surface area contributed by atoms with Gasteiger partial charge >= 0.3 is 0 Å². The van der Waals surface area contributed by atoms with Crippen LogP contribution in [0.4, 0.5) is 0 Å². The average Bonchev–Trinajstić information content (AvgIpc) is 2.74. The second kappa shape index (κ2) is 6.86. The molecule has 0 aromatic rings. The largest absolute Gasteiger partial charge is 0.384 e. The van der Waals surface area contributed by atoms with Crippen LogP contribution < -0.4 is 5.32 Å². The van der Waals surface area contributed by atoms with Crippen LogP contribution >= 0.6 is 0 Å². The lowest BCUT2D eigenvalue weighted by atomic mass is 10.1. The fourth-order valence-electron chi connectivity index (χ4n) is 1.95. The number of methoxy groups -OCH3 is 1. The van der Waals surface area contributed by atoms with Gasteiger partial charge in [0.1, 0.15) is 0 Å². The monoisotopic (exact) mass is 228 g/mol. The molecule has 0 radical (unpaired) electrons. The van der Waals surface area contributed by atoms with Crippen molar-refractivity contribution in [2.75, 3.05) is 33.4 Å². The van der Waals surface area contributed by atoms with Gasteiger partial charge in [-0.3, -0.25) is 4.79 Å². The van der Waals surface area contributed by atoms with E-state index in [0.29, 0.717) is 18.5 Å². The number of hydrogen-bond acceptors (Lipinski definition) is 3. The van der Waals surface area contributed by atoms with Gasteiger partial charge in [0, 0.05) is 32.2 Å². The zero-order valence-electron chi connectivity index (χ0n) is 10.7. The van der Waals surface area contributed by atoms with Crippen molar-refractivity contribution in [1.82, 2.24) is 10.2 Å². The van der Waals surface area contributed by atoms with Crippen molar-refractivity contribution in [3.63, 3.8) is 0 Å². The fraction of sp³-hybridized carbons (Fsp3) is 0.917. The van der Waals surface area contributed by atoms with Gasteiger partial charge in [0.25, 0.3) is 0 Å². The van der Waals surface area contributed by atoms with Crippen molar-refractivity contribution in [3.8, 4) is 0 Å². The molecule has 1 aliphatic heterocycles. The van der Waals surface area contributed by atoms with Crippen molar-refractivity contribution in [3.05, 3.63) is 0 Å². The SMILES string of the molecule is CCC(C)NCC(=O)N1CCC(COC)C1. The van der Waals surface area contributed by atoms with Gasteiger partial charge in [0.2, 0.25) is 5.91 Å². The molecule has 2 atom stereocenters. The van der Waals surface area contributed by atoms with Crippen LogP contribution in [0, 0.1) is 5.92 Å². The molecule has 1 rings (SSSR count). The lowest BCUT2D eigenvalue weighted by Gasteiger charge is -2.18. The first-order valence-corrected chi connectivity index (χ1v) is 6.17. The Morgan fingerprint density at radius 3 is 3.00 bits per heavy atom. The van der Waals surface area contributed by atoms with Crippen LogP contribution in [0.2, 0.25) is 0 Å². The highest BCUT2D eigenvalue weighted by atomic mass is 16.5. The van der Waals surface area contributed by atoms with Crippen molar-refractivity contribution in [1.29, 1.82) is 0 Å². The maximum Gasteiger partial charge on any atom is 0.236 e. The van der Waals surface area contributed by atoms with E-state index < -0.39 is 0 Å². The van der Waals surface area contributed by atoms with Gasteiger partial charge < -0.3 is 15.0 Å². The molecule has 0 spiro atoms. The predicted octanol–water partition coefficient (Wildman–Crippen LogP) is 0.869. The standard InChI is InChI=1S/C12H24N2O2/c1-4-10(2)13-7-12(15)14-6-5-11(8-14)9-16-3/h10-11,13H,4-9H2,1-3H3. The van der Waals surface area contributed by atoms with Crippen LogP contribution in [-0.4, -0.2) is 50.2 Å². The van der Waals surface area contributed by atoms with Crippen molar-refractivity contribution < 1.29 is 9.53 Å². The van der Waals surface area contributed by atoms with Gasteiger partial charge in [-0.25, -0.2) is 0 Å². The molecule has 0 saturated carbocycles. The number of amides is 1. The van der Waals surface area contributed by atoms with E-state index in [1.807, 2.05) is 4.90 Å². The van der Waals surface area contributed by atoms with E-state index in [4.69, 9.17) is 4.74 Å². The Morgan fingerprint density at radius 1 is 1.62 bits per heavy atom. The first kappa shape index (κ1) is 13.5. The molecule has 4 heteroatoms. The normalized spacial score (nSPS) is 22.4. The molecule has 1 saturated heterocycles. The van der Waals surface area contributed by atoms with E-state index in [9.17, 15) is 4.79 Å². The average molecular weight is 228 g/mol. The number of nitrogens with one attached hydrogen (secondary N) is 1. The molecule has 94 valence electrons. The van der Waals surface area contributed by atoms with E-state index in [2.05, 4.69) is 19.2 Å². The first-order valence-electron chi connectivity index (χ1n) is 6.17. The highest BCUT2D eigenvalue weighted by molar-refractivity contribution is 5.78. The van der Waals surface area contributed by atoms with Crippen molar-refractivity contribution in [2.24, 2.45) is 5.92 Å². The Labute approximate surface area is 98.3 Å². The summed E-state index contributed by atoms with van der Waals surface area (Å²) in [6.45, 7) is 7.19. The van der Waals surface area contributed by atoms with Gasteiger partial charge in [-0.2, -0.15) is 0 Å². The van der Waals surface area contributed by atoms with Crippen LogP contribution in [-0.2, 0) is 9.53 Å². The molecule has 2 unspecified atom stereocenters. The third kappa shape index (κ3) is 4.10. The summed E-state index contributed by atoms with van der Waals surface area (Å²) >= 11 is 0. The molecule has 1 N–H and O–H groups in total. The van der Waals surface area contributed by atoms with Crippen LogP contribution in [0.15, 0.2) is 0 Å². The predicted molar refractivity (Wildman–Crippen MR) is 64.3 cm³/mol. The highest BCUT2D eigenvalue weighted by Crippen LogP contribution is 2.16. The minimum atomic E-state index is 0.221. The lowest BCUT2D eigenvalue weighted by molar-refractivity contribution is -0.129. The Morgan fingerprint density at radius 2 is 2.38 bits per heavy atom. The summed E-state index contributed by atoms with van der Waals surface area (Å²) in [6, 6.07) is 0.418. The summed E-state index contributed by atoms with van der Waals surface area (Å²) in [6.07, 6.45) is 2.13. The molecule has 0 bridgehead atoms. The fourth-order valence-corrected chi connectivity index (χ4v) is 1.95. The molecule has 1 heterocycles. The Balaban J connectivity index is 2.23. The van der Waals surface area contributed by atoms with Gasteiger partial charge in [0.15, 0.2) is 0 Å². The maximum atomic E-state index is 11.8. The number of nitrogens with zero attached hydrogens (tertiary/aromatic N) is 1. The minimum Gasteiger partial charge on any atom is -0.384 e. The lowest BCUT2D eigenvalue weighted by Crippen LogP contribution is -2.39. The summed E-state index contributed by atoms with van der Waals surface area (Å²) in [5, 5.41) is 3.23. The molecule has 1 aliphatic rings. The number of carbonyl (C=O) groups excluding carboxylic acids is 1. The topological polar surface area (TPSA) is 41.6 Å². The number of hydrogen-bond donors (Lipinski definition) is 1. The smallest absolute Gasteiger partial charge is 0.236 e. The second-order valence-corrected chi connectivity index (χ2v) is 4.64. The van der Waals surface area contributed by atoms with Gasteiger partial charge in [-0.1, -0.05) is 6.92 Å². The minimum absolute atomic E-state index is 0.221. The molecule has 1 fully saturated rings. The summed E-state index contributed by atoms with van der Waals surface area (Å²) in [5.41, 5.74) is 0. The van der Waals surface area contributed by atoms with E-state index in [0.717, 1.165) is 32.5 Å². The van der Waals surface area contributed by atoms with E-state index >= 15 is 0 Å². The van der Waals surface area contributed by atoms with Gasteiger partial charge in [-0.15, -0.1) is 0 Å². The quantitative estimate of drug-likeness (QED) is 0.733. The molecule has 0 aliphatic carbocycles. The summed E-state index contributed by atoms with van der Waals surface area (Å²) in [7, 11) is 1.72. The molecular formula is C12H24N2O2. The summed E-state index contributed by atoms with van der Waals surface area (Å²) < 4.78 is 5.12. The maximum absolute atomic E-state index is 11.8. The number of ether oxygens (including phenoxy) is 1. The van der Waals surface area contributed by atoms with Crippen LogP contribution in [0.3, 0.4) is 0 Å². The molecule has 4 nitrogen and oxygen atoms in total. The van der Waals surface area contributed by atoms with Crippen LogP contribution in [0.25, 0.3) is 0 Å². The van der Waals surface area contributed by atoms with Crippen molar-refractivity contribution >= 4 is 5.91 Å². The highest BCUT2D eigenvalue weighted by Gasteiger charge is 2.25. The number of carbonyl (C=O) groups is 1.